The molecule has 0 aliphatic heterocycles. The predicted octanol–water partition coefficient (Wildman–Crippen LogP) is -1.97. The van der Waals surface area contributed by atoms with Crippen molar-refractivity contribution in [2.75, 3.05) is 0 Å². The van der Waals surface area contributed by atoms with E-state index in [1.54, 1.807) is 0 Å². The van der Waals surface area contributed by atoms with Crippen LogP contribution in [0.25, 0.3) is 0 Å². The van der Waals surface area contributed by atoms with E-state index in [-0.39, 0.29) is 107 Å². The summed E-state index contributed by atoms with van der Waals surface area (Å²) in [5.41, 5.74) is 0. The Morgan fingerprint density at radius 1 is 1.40 bits per heavy atom. The van der Waals surface area contributed by atoms with E-state index in [0.717, 1.165) is 0 Å². The molecular weight excluding hydrogens is 261 g/mol. The average molecular weight is 267 g/mol. The number of hydrogen-bond acceptors (Lipinski definition) is 1. The molecule has 0 heterocycles. The first kappa shape index (κ1) is 23.9. The molecule has 0 aliphatic rings. The summed E-state index contributed by atoms with van der Waals surface area (Å²) >= 11 is 0. The third-order valence-electron chi connectivity index (χ3n) is 0. The van der Waals surface area contributed by atoms with Gasteiger partial charge < -0.3 is 2.85 Å². The normalized spacial score (nSPS) is 0.400. The maximum atomic E-state index is 6.92. The largest absolute Gasteiger partial charge is 2.00 e. The molecule has 0 bridgehead atoms. The summed E-state index contributed by atoms with van der Waals surface area (Å²) in [6, 6.07) is 0. The summed E-state index contributed by atoms with van der Waals surface area (Å²) in [6.45, 7) is 0. The third-order valence-corrected chi connectivity index (χ3v) is 0. The second-order valence-electron chi connectivity index (χ2n) is 0. The van der Waals surface area contributed by atoms with Crippen molar-refractivity contribution in [2.24, 2.45) is 0 Å². The van der Waals surface area contributed by atoms with Gasteiger partial charge in [-0.2, -0.15) is 0 Å². The van der Waals surface area contributed by atoms with E-state index in [1.807, 2.05) is 0 Å². The SMILES string of the molecule is N#[SiH].[AlH3].[Ca+2].[Eu].[H-].[H-]. The van der Waals surface area contributed by atoms with E-state index < -0.39 is 0 Å². The molecule has 0 saturated heterocycles. The smallest absolute Gasteiger partial charge is 1.00 e. The van der Waals surface area contributed by atoms with E-state index in [9.17, 15) is 0 Å². The van der Waals surface area contributed by atoms with Crippen LogP contribution in [0.15, 0.2) is 0 Å². The van der Waals surface area contributed by atoms with Crippen LogP contribution in [0.2, 0.25) is 0 Å². The Balaban J connectivity index is -0.000000000500. The summed E-state index contributed by atoms with van der Waals surface area (Å²) in [6.07, 6.45) is 0. The summed E-state index contributed by atoms with van der Waals surface area (Å²) in [5, 5.41) is 0. The Morgan fingerprint density at radius 2 is 1.40 bits per heavy atom. The molecule has 0 spiro atoms. The van der Waals surface area contributed by atoms with Gasteiger partial charge in [0.2, 0.25) is 0 Å². The van der Waals surface area contributed by atoms with Gasteiger partial charge in [0.05, 0.1) is 0 Å². The van der Waals surface area contributed by atoms with Crippen LogP contribution < -0.4 is 0 Å². The number of nitrogens with zero attached hydrogens (tertiary/aromatic N) is 1. The van der Waals surface area contributed by atoms with Crippen LogP contribution in [-0.2, 0) is 0 Å². The van der Waals surface area contributed by atoms with Crippen molar-refractivity contribution in [3.8, 4) is 0 Å². The van der Waals surface area contributed by atoms with Crippen LogP contribution >= 0.6 is 0 Å². The molecule has 0 unspecified atom stereocenters. The molecule has 5 heteroatoms. The molecule has 27 valence electrons. The second kappa shape index (κ2) is 26.6. The standard InChI is InChI=1S/Al.Ca.Eu.HNSi.5H/c;;;1-2;;;;;/h;;;2H;;;;;/q;+2;;;;;;2*-1. The quantitative estimate of drug-likeness (QED) is 0.467. The van der Waals surface area contributed by atoms with E-state index >= 15 is 0 Å². The van der Waals surface area contributed by atoms with Crippen LogP contribution in [-0.4, -0.2) is 65.0 Å². The molecule has 0 aromatic heterocycles. The van der Waals surface area contributed by atoms with Gasteiger partial charge in [-0.3, -0.25) is 4.89 Å². The molecule has 0 rings (SSSR count). The van der Waals surface area contributed by atoms with Gasteiger partial charge in [0.25, 0.3) is 0 Å². The van der Waals surface area contributed by atoms with Crippen molar-refractivity contribution in [1.29, 1.82) is 4.89 Å². The molecular formula is H6AlCaEuNSi. The van der Waals surface area contributed by atoms with Crippen molar-refractivity contribution in [3.05, 3.63) is 0 Å². The monoisotopic (exact) mass is 268 g/mol. The van der Waals surface area contributed by atoms with Crippen LogP contribution in [0.5, 0.6) is 0 Å². The van der Waals surface area contributed by atoms with Crippen molar-refractivity contribution in [3.63, 3.8) is 0 Å². The van der Waals surface area contributed by atoms with E-state index in [1.165, 1.54) is 9.88 Å². The summed E-state index contributed by atoms with van der Waals surface area (Å²) in [4.78, 5) is 6.92. The van der Waals surface area contributed by atoms with E-state index in [4.69, 9.17) is 4.89 Å². The maximum absolute atomic E-state index is 6.92. The van der Waals surface area contributed by atoms with Crippen LogP contribution in [0.4, 0.5) is 0 Å². The van der Waals surface area contributed by atoms with Gasteiger partial charge in [-0.25, -0.2) is 0 Å². The fourth-order valence-electron chi connectivity index (χ4n) is 0. The molecule has 1 radical (unpaired) electrons. The molecule has 0 fully saturated rings. The average Bonchev–Trinajstić information content (AvgIpc) is 1.00. The molecule has 0 aromatic rings. The molecule has 1 nitrogen and oxygen atoms in total. The molecule has 0 aromatic carbocycles. The van der Waals surface area contributed by atoms with Crippen LogP contribution in [0.3, 0.4) is 0 Å². The minimum atomic E-state index is 0. The molecule has 0 N–H and O–H groups in total. The van der Waals surface area contributed by atoms with Gasteiger partial charge in [-0.05, 0) is 0 Å². The molecule has 0 atom stereocenters. The van der Waals surface area contributed by atoms with Gasteiger partial charge in [-0.15, -0.1) is 0 Å². The van der Waals surface area contributed by atoms with Gasteiger partial charge in [0, 0.05) is 49.4 Å². The molecule has 5 heavy (non-hydrogen) atoms. The summed E-state index contributed by atoms with van der Waals surface area (Å²) in [5.74, 6) is 0. The zero-order valence-electron chi connectivity index (χ0n) is 4.11. The minimum absolute atomic E-state index is 0. The van der Waals surface area contributed by atoms with Crippen molar-refractivity contribution in [1.82, 2.24) is 0 Å². The van der Waals surface area contributed by atoms with Gasteiger partial charge in [0.15, 0.2) is 27.2 Å². The Hall–Kier alpha value is 3.30. The first-order chi connectivity index (χ1) is 1.00. The zero-order valence-corrected chi connectivity index (χ0v) is 7.90. The third kappa shape index (κ3) is 18.8. The number of rotatable bonds is 0. The number of hydrogen-bond donors (Lipinski definition) is 0. The zero-order chi connectivity index (χ0) is 2.00. The fourth-order valence-corrected chi connectivity index (χ4v) is 0. The molecule has 0 saturated carbocycles. The van der Waals surface area contributed by atoms with Crippen LogP contribution in [0.1, 0.15) is 2.85 Å². The fraction of sp³-hybridized carbons (Fsp3) is 0. The first-order valence-corrected chi connectivity index (χ1v) is 0.775. The van der Waals surface area contributed by atoms with Crippen LogP contribution in [0, 0.1) is 54.3 Å². The van der Waals surface area contributed by atoms with Gasteiger partial charge in [0.1, 0.15) is 0 Å². The summed E-state index contributed by atoms with van der Waals surface area (Å²) in [7, 11) is 1.42. The van der Waals surface area contributed by atoms with Gasteiger partial charge in [-0.1, -0.05) is 0 Å². The minimum Gasteiger partial charge on any atom is -1.00 e. The maximum Gasteiger partial charge on any atom is 2.00 e. The summed E-state index contributed by atoms with van der Waals surface area (Å²) < 4.78 is 0. The Bertz CT molecular complexity index is 22.4. The van der Waals surface area contributed by atoms with Crippen molar-refractivity contribution in [2.45, 2.75) is 0 Å². The molecule has 0 amide bonds. The first-order valence-electron chi connectivity index (χ1n) is 0.258. The van der Waals surface area contributed by atoms with E-state index in [0.29, 0.717) is 0 Å². The Morgan fingerprint density at radius 3 is 1.40 bits per heavy atom. The second-order valence-corrected chi connectivity index (χ2v) is 0. The van der Waals surface area contributed by atoms with Crippen molar-refractivity contribution >= 4 is 65.0 Å². The van der Waals surface area contributed by atoms with Crippen molar-refractivity contribution < 1.29 is 52.2 Å². The topological polar surface area (TPSA) is 23.8 Å². The Labute approximate surface area is 119 Å². The molecule has 0 aliphatic carbocycles. The Kier molecular flexibility index (Phi) is 127. The van der Waals surface area contributed by atoms with E-state index in [2.05, 4.69) is 0 Å². The van der Waals surface area contributed by atoms with Gasteiger partial charge >= 0.3 is 37.7 Å². The predicted molar refractivity (Wildman–Crippen MR) is 26.8 cm³/mol.